The lowest BCUT2D eigenvalue weighted by molar-refractivity contribution is 0.245. The maximum Gasteiger partial charge on any atom is 0.319 e. The molecule has 2 aromatic rings. The highest BCUT2D eigenvalue weighted by molar-refractivity contribution is 5.89. The van der Waals surface area contributed by atoms with Gasteiger partial charge in [-0.1, -0.05) is 26.0 Å². The standard InChI is InChI=1S/C16H22N4O2/c1-12(2)15-17-6-8-20(15)11-13-4-3-5-14(10-13)19-16(22)18-7-9-21/h3-6,8,10,12,21H,7,9,11H2,1-2H3,(H2,18,19,22). The van der Waals surface area contributed by atoms with Crippen LogP contribution in [-0.4, -0.2) is 33.8 Å². The molecule has 0 spiro atoms. The van der Waals surface area contributed by atoms with E-state index in [9.17, 15) is 4.79 Å². The molecule has 2 rings (SSSR count). The molecule has 2 amide bonds. The van der Waals surface area contributed by atoms with Crippen molar-refractivity contribution in [1.82, 2.24) is 14.9 Å². The Balaban J connectivity index is 2.05. The van der Waals surface area contributed by atoms with Crippen molar-refractivity contribution in [1.29, 1.82) is 0 Å². The fraction of sp³-hybridized carbons (Fsp3) is 0.375. The van der Waals surface area contributed by atoms with Crippen molar-refractivity contribution in [3.8, 4) is 0 Å². The van der Waals surface area contributed by atoms with Gasteiger partial charge in [0.1, 0.15) is 5.82 Å². The number of hydrogen-bond acceptors (Lipinski definition) is 3. The van der Waals surface area contributed by atoms with Crippen molar-refractivity contribution in [3.05, 3.63) is 48.0 Å². The summed E-state index contributed by atoms with van der Waals surface area (Å²) >= 11 is 0. The Bertz CT molecular complexity index is 622. The minimum Gasteiger partial charge on any atom is -0.395 e. The Morgan fingerprint density at radius 3 is 2.95 bits per heavy atom. The summed E-state index contributed by atoms with van der Waals surface area (Å²) in [6.45, 7) is 5.09. The average Bonchev–Trinajstić information content (AvgIpc) is 2.94. The van der Waals surface area contributed by atoms with E-state index in [0.29, 0.717) is 12.5 Å². The smallest absolute Gasteiger partial charge is 0.319 e. The first kappa shape index (κ1) is 16.0. The molecule has 6 heteroatoms. The van der Waals surface area contributed by atoms with Crippen LogP contribution in [0.25, 0.3) is 0 Å². The molecule has 0 unspecified atom stereocenters. The molecule has 1 aromatic carbocycles. The maximum absolute atomic E-state index is 11.6. The molecule has 0 aliphatic carbocycles. The lowest BCUT2D eigenvalue weighted by Crippen LogP contribution is -2.30. The van der Waals surface area contributed by atoms with Crippen LogP contribution in [0.15, 0.2) is 36.7 Å². The number of hydrogen-bond donors (Lipinski definition) is 3. The zero-order chi connectivity index (χ0) is 15.9. The molecule has 0 atom stereocenters. The predicted octanol–water partition coefficient (Wildman–Crippen LogP) is 2.17. The topological polar surface area (TPSA) is 79.2 Å². The minimum atomic E-state index is -0.322. The van der Waals surface area contributed by atoms with Crippen LogP contribution in [0.3, 0.4) is 0 Å². The highest BCUT2D eigenvalue weighted by Crippen LogP contribution is 2.16. The molecule has 6 nitrogen and oxygen atoms in total. The Morgan fingerprint density at radius 1 is 1.41 bits per heavy atom. The molecule has 0 radical (unpaired) electrons. The molecule has 0 fully saturated rings. The number of anilines is 1. The van der Waals surface area contributed by atoms with Crippen LogP contribution in [-0.2, 0) is 6.54 Å². The summed E-state index contributed by atoms with van der Waals surface area (Å²) in [5.41, 5.74) is 1.80. The van der Waals surface area contributed by atoms with E-state index in [-0.39, 0.29) is 19.2 Å². The number of nitrogens with zero attached hydrogens (tertiary/aromatic N) is 2. The number of imidazole rings is 1. The molecule has 3 N–H and O–H groups in total. The zero-order valence-corrected chi connectivity index (χ0v) is 12.9. The fourth-order valence-electron chi connectivity index (χ4n) is 2.24. The van der Waals surface area contributed by atoms with Gasteiger partial charge in [0.05, 0.1) is 6.61 Å². The Kier molecular flexibility index (Phi) is 5.55. The summed E-state index contributed by atoms with van der Waals surface area (Å²) in [6.07, 6.45) is 3.77. The van der Waals surface area contributed by atoms with Gasteiger partial charge >= 0.3 is 6.03 Å². The number of carbonyl (C=O) groups is 1. The molecule has 0 bridgehead atoms. The maximum atomic E-state index is 11.6. The monoisotopic (exact) mass is 302 g/mol. The minimum absolute atomic E-state index is 0.0773. The highest BCUT2D eigenvalue weighted by atomic mass is 16.3. The van der Waals surface area contributed by atoms with Crippen LogP contribution in [0.5, 0.6) is 0 Å². The van der Waals surface area contributed by atoms with Crippen molar-refractivity contribution in [2.75, 3.05) is 18.5 Å². The van der Waals surface area contributed by atoms with Crippen molar-refractivity contribution in [3.63, 3.8) is 0 Å². The fourth-order valence-corrected chi connectivity index (χ4v) is 2.24. The van der Waals surface area contributed by atoms with E-state index in [1.807, 2.05) is 30.5 Å². The first-order valence-electron chi connectivity index (χ1n) is 7.36. The van der Waals surface area contributed by atoms with E-state index in [0.717, 1.165) is 17.1 Å². The van der Waals surface area contributed by atoms with E-state index in [1.54, 1.807) is 6.20 Å². The molecular weight excluding hydrogens is 280 g/mol. The molecule has 22 heavy (non-hydrogen) atoms. The van der Waals surface area contributed by atoms with Crippen LogP contribution in [0, 0.1) is 0 Å². The van der Waals surface area contributed by atoms with Gasteiger partial charge in [-0.05, 0) is 17.7 Å². The van der Waals surface area contributed by atoms with Crippen LogP contribution >= 0.6 is 0 Å². The Hall–Kier alpha value is -2.34. The van der Waals surface area contributed by atoms with Crippen molar-refractivity contribution in [2.24, 2.45) is 0 Å². The van der Waals surface area contributed by atoms with Gasteiger partial charge in [-0.15, -0.1) is 0 Å². The second kappa shape index (κ2) is 7.61. The van der Waals surface area contributed by atoms with E-state index in [4.69, 9.17) is 5.11 Å². The number of benzene rings is 1. The third kappa shape index (κ3) is 4.33. The number of amides is 2. The highest BCUT2D eigenvalue weighted by Gasteiger charge is 2.08. The largest absolute Gasteiger partial charge is 0.395 e. The van der Waals surface area contributed by atoms with Crippen LogP contribution < -0.4 is 10.6 Å². The molecule has 0 saturated carbocycles. The summed E-state index contributed by atoms with van der Waals surface area (Å²) in [4.78, 5) is 16.0. The number of carbonyl (C=O) groups excluding carboxylic acids is 1. The van der Waals surface area contributed by atoms with Crippen molar-refractivity contribution >= 4 is 11.7 Å². The first-order chi connectivity index (χ1) is 10.6. The second-order valence-corrected chi connectivity index (χ2v) is 5.37. The number of aliphatic hydroxyl groups is 1. The lowest BCUT2D eigenvalue weighted by Gasteiger charge is -2.12. The summed E-state index contributed by atoms with van der Waals surface area (Å²) in [5.74, 6) is 1.40. The summed E-state index contributed by atoms with van der Waals surface area (Å²) in [7, 11) is 0. The molecule has 0 saturated heterocycles. The van der Waals surface area contributed by atoms with Gasteiger partial charge in [-0.2, -0.15) is 0 Å². The van der Waals surface area contributed by atoms with Crippen LogP contribution in [0.4, 0.5) is 10.5 Å². The van der Waals surface area contributed by atoms with Gasteiger partial charge in [-0.3, -0.25) is 0 Å². The normalized spacial score (nSPS) is 10.7. The molecular formula is C16H22N4O2. The van der Waals surface area contributed by atoms with Crippen LogP contribution in [0.1, 0.15) is 31.2 Å². The molecule has 0 aliphatic rings. The average molecular weight is 302 g/mol. The summed E-state index contributed by atoms with van der Waals surface area (Å²) in [6, 6.07) is 7.36. The molecule has 1 heterocycles. The van der Waals surface area contributed by atoms with Crippen LogP contribution in [0.2, 0.25) is 0 Å². The first-order valence-corrected chi connectivity index (χ1v) is 7.36. The van der Waals surface area contributed by atoms with Crippen molar-refractivity contribution < 1.29 is 9.90 Å². The second-order valence-electron chi connectivity index (χ2n) is 5.37. The van der Waals surface area contributed by atoms with Gasteiger partial charge in [0.2, 0.25) is 0 Å². The molecule has 118 valence electrons. The van der Waals surface area contributed by atoms with E-state index >= 15 is 0 Å². The summed E-state index contributed by atoms with van der Waals surface area (Å²) in [5, 5.41) is 14.0. The number of nitrogens with one attached hydrogen (secondary N) is 2. The number of rotatable bonds is 6. The Morgan fingerprint density at radius 2 is 2.23 bits per heavy atom. The van der Waals surface area contributed by atoms with Gasteiger partial charge in [-0.25, -0.2) is 9.78 Å². The third-order valence-corrected chi connectivity index (χ3v) is 3.20. The number of aromatic nitrogens is 2. The van der Waals surface area contributed by atoms with E-state index in [1.165, 1.54) is 0 Å². The van der Waals surface area contributed by atoms with Gasteiger partial charge in [0.15, 0.2) is 0 Å². The number of aliphatic hydroxyl groups excluding tert-OH is 1. The van der Waals surface area contributed by atoms with E-state index in [2.05, 4.69) is 34.0 Å². The molecule has 1 aromatic heterocycles. The quantitative estimate of drug-likeness (QED) is 0.765. The predicted molar refractivity (Wildman–Crippen MR) is 86.0 cm³/mol. The lowest BCUT2D eigenvalue weighted by atomic mass is 10.1. The number of urea groups is 1. The molecule has 0 aliphatic heterocycles. The Labute approximate surface area is 130 Å². The van der Waals surface area contributed by atoms with Gasteiger partial charge in [0.25, 0.3) is 0 Å². The van der Waals surface area contributed by atoms with E-state index < -0.39 is 0 Å². The third-order valence-electron chi connectivity index (χ3n) is 3.20. The SMILES string of the molecule is CC(C)c1nccn1Cc1cccc(NC(=O)NCCO)c1. The van der Waals surface area contributed by atoms with Crippen molar-refractivity contribution in [2.45, 2.75) is 26.3 Å². The zero-order valence-electron chi connectivity index (χ0n) is 12.9. The van der Waals surface area contributed by atoms with Gasteiger partial charge < -0.3 is 20.3 Å². The van der Waals surface area contributed by atoms with Gasteiger partial charge in [0, 0.05) is 37.1 Å². The summed E-state index contributed by atoms with van der Waals surface area (Å²) < 4.78 is 2.11.